The van der Waals surface area contributed by atoms with E-state index in [1.54, 1.807) is 7.11 Å². The molecule has 0 N–H and O–H groups in total. The smallest absolute Gasteiger partial charge is 0.410 e. The average Bonchev–Trinajstić information content (AvgIpc) is 3.24. The summed E-state index contributed by atoms with van der Waals surface area (Å²) >= 11 is 0. The van der Waals surface area contributed by atoms with Gasteiger partial charge >= 0.3 is 12.1 Å². The van der Waals surface area contributed by atoms with Crippen LogP contribution in [0.5, 0.6) is 0 Å². The fraction of sp³-hybridized carbons (Fsp3) is 0.407. The fourth-order valence-corrected chi connectivity index (χ4v) is 4.95. The molecule has 2 aromatic rings. The molecule has 182 valence electrons. The molecule has 2 atom stereocenters. The van der Waals surface area contributed by atoms with Crippen LogP contribution in [-0.4, -0.2) is 58.4 Å². The third-order valence-electron chi connectivity index (χ3n) is 6.35. The van der Waals surface area contributed by atoms with Crippen molar-refractivity contribution in [3.05, 3.63) is 66.2 Å². The minimum atomic E-state index is -1.36. The lowest BCUT2D eigenvalue weighted by Gasteiger charge is -2.28. The molecule has 6 nitrogen and oxygen atoms in total. The minimum Gasteiger partial charge on any atom is -0.467 e. The minimum absolute atomic E-state index is 0.200. The molecule has 0 spiro atoms. The van der Waals surface area contributed by atoms with Crippen molar-refractivity contribution in [2.45, 2.75) is 43.7 Å². The number of likely N-dealkylation sites (tertiary alicyclic amines) is 1. The Morgan fingerprint density at radius 3 is 2.41 bits per heavy atom. The molecule has 0 aliphatic carbocycles. The van der Waals surface area contributed by atoms with Crippen LogP contribution in [0.3, 0.4) is 0 Å². The van der Waals surface area contributed by atoms with Gasteiger partial charge in [0.05, 0.1) is 20.3 Å². The van der Waals surface area contributed by atoms with E-state index in [1.807, 2.05) is 42.5 Å². The number of benzene rings is 2. The van der Waals surface area contributed by atoms with E-state index >= 15 is 0 Å². The first kappa shape index (κ1) is 25.7. The van der Waals surface area contributed by atoms with E-state index in [1.165, 1.54) is 12.0 Å². The van der Waals surface area contributed by atoms with Crippen LogP contribution in [0.1, 0.15) is 17.5 Å². The summed E-state index contributed by atoms with van der Waals surface area (Å²) < 4.78 is 16.6. The maximum Gasteiger partial charge on any atom is 0.410 e. The number of nitrogens with zero attached hydrogens (tertiary/aromatic N) is 1. The molecule has 1 heterocycles. The maximum atomic E-state index is 13.0. The number of methoxy groups -OCH3 is 2. The Balaban J connectivity index is 1.91. The van der Waals surface area contributed by atoms with Crippen molar-refractivity contribution in [1.82, 2.24) is 4.90 Å². The summed E-state index contributed by atoms with van der Waals surface area (Å²) in [5.41, 5.74) is 3.13. The fourth-order valence-electron chi connectivity index (χ4n) is 4.24. The number of rotatable bonds is 8. The van der Waals surface area contributed by atoms with E-state index in [9.17, 15) is 9.59 Å². The van der Waals surface area contributed by atoms with Gasteiger partial charge in [-0.3, -0.25) is 4.90 Å². The van der Waals surface area contributed by atoms with Gasteiger partial charge in [-0.1, -0.05) is 68.7 Å². The summed E-state index contributed by atoms with van der Waals surface area (Å²) in [6.07, 6.45) is 1.59. The van der Waals surface area contributed by atoms with E-state index < -0.39 is 31.8 Å². The van der Waals surface area contributed by atoms with Gasteiger partial charge in [0.15, 0.2) is 0 Å². The maximum absolute atomic E-state index is 13.0. The molecule has 1 saturated heterocycles. The standard InChI is InChI=1S/C27H35NO5Si/c1-7-20-10-8-11-21(16-20)22-12-9-13-23(17-22)27(32-3)18-24(25(29)31-2)28(19-27)26(30)33-14-15-34(4,5)6/h7-13,16-17,24H,1,14-15,18-19H2,2-6H3/t24-,27-/m0/s1. The zero-order chi connectivity index (χ0) is 24.9. The highest BCUT2D eigenvalue weighted by Gasteiger charge is 2.51. The molecular formula is C27H35NO5Si. The van der Waals surface area contributed by atoms with Crippen molar-refractivity contribution in [3.8, 4) is 11.1 Å². The quantitative estimate of drug-likeness (QED) is 0.365. The predicted molar refractivity (Wildman–Crippen MR) is 137 cm³/mol. The lowest BCUT2D eigenvalue weighted by molar-refractivity contribution is -0.145. The van der Waals surface area contributed by atoms with Crippen molar-refractivity contribution < 1.29 is 23.8 Å². The number of carbonyl (C=O) groups excluding carboxylic acids is 2. The van der Waals surface area contributed by atoms with Crippen molar-refractivity contribution in [2.24, 2.45) is 0 Å². The summed E-state index contributed by atoms with van der Waals surface area (Å²) in [7, 11) is 1.58. The highest BCUT2D eigenvalue weighted by atomic mass is 28.3. The molecule has 1 amide bonds. The Bertz CT molecular complexity index is 1050. The van der Waals surface area contributed by atoms with Gasteiger partial charge < -0.3 is 14.2 Å². The largest absolute Gasteiger partial charge is 0.467 e. The Labute approximate surface area is 203 Å². The topological polar surface area (TPSA) is 65.1 Å². The van der Waals surface area contributed by atoms with Gasteiger partial charge in [-0.15, -0.1) is 0 Å². The Hall–Kier alpha value is -2.90. The van der Waals surface area contributed by atoms with Gasteiger partial charge in [-0.25, -0.2) is 9.59 Å². The molecule has 7 heteroatoms. The summed E-state index contributed by atoms with van der Waals surface area (Å²) in [6, 6.07) is 16.2. The number of esters is 1. The zero-order valence-electron chi connectivity index (χ0n) is 20.8. The van der Waals surface area contributed by atoms with Crippen LogP contribution < -0.4 is 0 Å². The Morgan fingerprint density at radius 1 is 1.12 bits per heavy atom. The Kier molecular flexibility index (Phi) is 7.99. The molecule has 0 aromatic heterocycles. The van der Waals surface area contributed by atoms with Crippen LogP contribution in [0.15, 0.2) is 55.1 Å². The van der Waals surface area contributed by atoms with E-state index in [0.717, 1.165) is 28.3 Å². The van der Waals surface area contributed by atoms with Crippen molar-refractivity contribution in [1.29, 1.82) is 0 Å². The second-order valence-corrected chi connectivity index (χ2v) is 15.5. The Morgan fingerprint density at radius 2 is 1.79 bits per heavy atom. The summed E-state index contributed by atoms with van der Waals surface area (Å²) in [5.74, 6) is -0.476. The number of hydrogen-bond acceptors (Lipinski definition) is 5. The molecule has 3 rings (SSSR count). The van der Waals surface area contributed by atoms with Gasteiger partial charge in [0.1, 0.15) is 11.6 Å². The third-order valence-corrected chi connectivity index (χ3v) is 8.05. The number of carbonyl (C=O) groups is 2. The van der Waals surface area contributed by atoms with Gasteiger partial charge in [0, 0.05) is 21.6 Å². The number of hydrogen-bond donors (Lipinski definition) is 0. The van der Waals surface area contributed by atoms with Gasteiger partial charge in [0.2, 0.25) is 0 Å². The van der Waals surface area contributed by atoms with Crippen LogP contribution in [0.4, 0.5) is 4.79 Å². The van der Waals surface area contributed by atoms with Crippen LogP contribution in [0.25, 0.3) is 17.2 Å². The summed E-state index contributed by atoms with van der Waals surface area (Å²) in [6.45, 7) is 11.1. The van der Waals surface area contributed by atoms with Crippen LogP contribution in [0.2, 0.25) is 25.7 Å². The van der Waals surface area contributed by atoms with E-state index in [-0.39, 0.29) is 13.0 Å². The number of amides is 1. The van der Waals surface area contributed by atoms with Crippen LogP contribution in [0, 0.1) is 0 Å². The third kappa shape index (κ3) is 5.77. The molecule has 1 aliphatic heterocycles. The zero-order valence-corrected chi connectivity index (χ0v) is 21.8. The molecule has 34 heavy (non-hydrogen) atoms. The molecule has 0 unspecified atom stereocenters. The van der Waals surface area contributed by atoms with Gasteiger partial charge in [-0.05, 0) is 40.4 Å². The van der Waals surface area contributed by atoms with Gasteiger partial charge in [0.25, 0.3) is 0 Å². The van der Waals surface area contributed by atoms with Crippen molar-refractivity contribution in [3.63, 3.8) is 0 Å². The normalized spacial score (nSPS) is 20.1. The molecule has 1 fully saturated rings. The average molecular weight is 482 g/mol. The molecule has 2 aromatic carbocycles. The highest BCUT2D eigenvalue weighted by Crippen LogP contribution is 2.41. The molecule has 0 radical (unpaired) electrons. The lowest BCUT2D eigenvalue weighted by atomic mass is 9.88. The van der Waals surface area contributed by atoms with Crippen LogP contribution >= 0.6 is 0 Å². The van der Waals surface area contributed by atoms with Crippen LogP contribution in [-0.2, 0) is 24.6 Å². The molecule has 1 aliphatic rings. The van der Waals surface area contributed by atoms with E-state index in [0.29, 0.717) is 6.61 Å². The second-order valence-electron chi connectivity index (χ2n) is 9.90. The molecule has 0 saturated carbocycles. The predicted octanol–water partition coefficient (Wildman–Crippen LogP) is 5.56. The summed E-state index contributed by atoms with van der Waals surface area (Å²) in [4.78, 5) is 27.1. The first-order chi connectivity index (χ1) is 16.1. The first-order valence-corrected chi connectivity index (χ1v) is 15.2. The molecular weight excluding hydrogens is 446 g/mol. The van der Waals surface area contributed by atoms with Gasteiger partial charge in [-0.2, -0.15) is 0 Å². The monoisotopic (exact) mass is 481 g/mol. The van der Waals surface area contributed by atoms with Crippen molar-refractivity contribution in [2.75, 3.05) is 27.4 Å². The highest BCUT2D eigenvalue weighted by molar-refractivity contribution is 6.76. The van der Waals surface area contributed by atoms with E-state index in [4.69, 9.17) is 14.2 Å². The SMILES string of the molecule is C=Cc1cccc(-c2cccc([C@]3(OC)C[C@@H](C(=O)OC)N(C(=O)OCC[Si](C)(C)C)C3)c2)c1. The molecule has 0 bridgehead atoms. The van der Waals surface area contributed by atoms with Crippen molar-refractivity contribution >= 4 is 26.2 Å². The second kappa shape index (κ2) is 10.6. The summed E-state index contributed by atoms with van der Waals surface area (Å²) in [5, 5.41) is 0. The lowest BCUT2D eigenvalue weighted by Crippen LogP contribution is -2.42. The first-order valence-electron chi connectivity index (χ1n) is 11.5. The van der Waals surface area contributed by atoms with E-state index in [2.05, 4.69) is 38.4 Å². The number of ether oxygens (including phenoxy) is 3.